The predicted octanol–water partition coefficient (Wildman–Crippen LogP) is 4.09. The molecule has 0 bridgehead atoms. The number of anilines is 1. The van der Waals surface area contributed by atoms with Crippen molar-refractivity contribution >= 4 is 11.7 Å². The first-order valence-electron chi connectivity index (χ1n) is 6.81. The average Bonchev–Trinajstić information content (AvgIpc) is 2.77. The number of fused-ring (bicyclic) bond motifs is 1. The first kappa shape index (κ1) is 12.7. The normalized spacial score (nSPS) is 16.9. The van der Waals surface area contributed by atoms with Crippen LogP contribution in [0.5, 0.6) is 0 Å². The molecule has 0 saturated heterocycles. The molecule has 0 aromatic heterocycles. The maximum absolute atomic E-state index is 11.7. The second kappa shape index (κ2) is 5.00. The number of carbonyl (C=O) groups excluding carboxylic acids is 1. The third-order valence-corrected chi connectivity index (χ3v) is 3.56. The van der Waals surface area contributed by atoms with Crippen LogP contribution in [0.15, 0.2) is 48.5 Å². The standard InChI is InChI=1S/C17H17NO2/c1-11(2)12-7-9-13(10-8-12)18-16-14-5-3-4-6-15(14)17(19)20-16/h3-11,16,18H,1-2H3/t16-/m0/s1. The first-order valence-corrected chi connectivity index (χ1v) is 6.81. The minimum Gasteiger partial charge on any atom is -0.434 e. The molecule has 1 atom stereocenters. The maximum Gasteiger partial charge on any atom is 0.340 e. The third-order valence-electron chi connectivity index (χ3n) is 3.56. The van der Waals surface area contributed by atoms with E-state index in [9.17, 15) is 4.79 Å². The van der Waals surface area contributed by atoms with E-state index >= 15 is 0 Å². The van der Waals surface area contributed by atoms with Crippen molar-refractivity contribution in [1.29, 1.82) is 0 Å². The van der Waals surface area contributed by atoms with Crippen molar-refractivity contribution in [3.63, 3.8) is 0 Å². The Kier molecular flexibility index (Phi) is 3.18. The van der Waals surface area contributed by atoms with Crippen LogP contribution in [0.1, 0.15) is 47.5 Å². The summed E-state index contributed by atoms with van der Waals surface area (Å²) >= 11 is 0. The van der Waals surface area contributed by atoms with Crippen LogP contribution in [0.2, 0.25) is 0 Å². The van der Waals surface area contributed by atoms with Crippen molar-refractivity contribution < 1.29 is 9.53 Å². The van der Waals surface area contributed by atoms with Crippen molar-refractivity contribution in [2.24, 2.45) is 0 Å². The molecule has 0 unspecified atom stereocenters. The summed E-state index contributed by atoms with van der Waals surface area (Å²) in [6, 6.07) is 15.7. The number of ether oxygens (including phenoxy) is 1. The van der Waals surface area contributed by atoms with Crippen molar-refractivity contribution in [2.45, 2.75) is 26.0 Å². The van der Waals surface area contributed by atoms with Crippen LogP contribution in [-0.4, -0.2) is 5.97 Å². The van der Waals surface area contributed by atoms with Crippen LogP contribution in [-0.2, 0) is 4.74 Å². The van der Waals surface area contributed by atoms with Gasteiger partial charge in [-0.3, -0.25) is 0 Å². The van der Waals surface area contributed by atoms with Gasteiger partial charge in [-0.1, -0.05) is 44.2 Å². The van der Waals surface area contributed by atoms with Gasteiger partial charge in [0.1, 0.15) is 0 Å². The van der Waals surface area contributed by atoms with Gasteiger partial charge in [0.2, 0.25) is 6.23 Å². The van der Waals surface area contributed by atoms with Gasteiger partial charge < -0.3 is 10.1 Å². The highest BCUT2D eigenvalue weighted by molar-refractivity contribution is 5.94. The number of cyclic esters (lactones) is 1. The first-order chi connectivity index (χ1) is 9.65. The summed E-state index contributed by atoms with van der Waals surface area (Å²) in [5, 5.41) is 3.25. The summed E-state index contributed by atoms with van der Waals surface area (Å²) in [5.74, 6) is 0.242. The van der Waals surface area contributed by atoms with E-state index in [0.717, 1.165) is 11.3 Å². The van der Waals surface area contributed by atoms with E-state index < -0.39 is 6.23 Å². The lowest BCUT2D eigenvalue weighted by molar-refractivity contribution is 0.0437. The minimum absolute atomic E-state index is 0.267. The summed E-state index contributed by atoms with van der Waals surface area (Å²) in [5.41, 5.74) is 3.78. The lowest BCUT2D eigenvalue weighted by Crippen LogP contribution is -2.10. The van der Waals surface area contributed by atoms with Crippen LogP contribution >= 0.6 is 0 Å². The molecule has 102 valence electrons. The molecule has 3 nitrogen and oxygen atoms in total. The number of carbonyl (C=O) groups is 1. The van der Waals surface area contributed by atoms with Crippen LogP contribution in [0.3, 0.4) is 0 Å². The minimum atomic E-state index is -0.399. The number of hydrogen-bond acceptors (Lipinski definition) is 3. The van der Waals surface area contributed by atoms with Crippen LogP contribution in [0.25, 0.3) is 0 Å². The van der Waals surface area contributed by atoms with Crippen molar-refractivity contribution in [2.75, 3.05) is 5.32 Å². The van der Waals surface area contributed by atoms with Gasteiger partial charge in [0.25, 0.3) is 0 Å². The Bertz CT molecular complexity index is 632. The topological polar surface area (TPSA) is 38.3 Å². The summed E-state index contributed by atoms with van der Waals surface area (Å²) in [4.78, 5) is 11.7. The van der Waals surface area contributed by atoms with Gasteiger partial charge in [0.15, 0.2) is 0 Å². The van der Waals surface area contributed by atoms with E-state index in [-0.39, 0.29) is 5.97 Å². The molecule has 1 N–H and O–H groups in total. The highest BCUT2D eigenvalue weighted by Crippen LogP contribution is 2.31. The Labute approximate surface area is 118 Å². The molecule has 0 saturated carbocycles. The zero-order valence-electron chi connectivity index (χ0n) is 11.6. The van der Waals surface area contributed by atoms with Gasteiger partial charge in [-0.05, 0) is 29.7 Å². The van der Waals surface area contributed by atoms with Crippen molar-refractivity contribution in [3.8, 4) is 0 Å². The quantitative estimate of drug-likeness (QED) is 0.851. The zero-order valence-corrected chi connectivity index (χ0v) is 11.6. The van der Waals surface area contributed by atoms with E-state index in [0.29, 0.717) is 11.5 Å². The molecular weight excluding hydrogens is 250 g/mol. The second-order valence-corrected chi connectivity index (χ2v) is 5.29. The van der Waals surface area contributed by atoms with E-state index in [1.807, 2.05) is 30.3 Å². The Morgan fingerprint density at radius 2 is 1.75 bits per heavy atom. The van der Waals surface area contributed by atoms with E-state index in [4.69, 9.17) is 4.74 Å². The van der Waals surface area contributed by atoms with Crippen molar-refractivity contribution in [3.05, 3.63) is 65.2 Å². The lowest BCUT2D eigenvalue weighted by atomic mass is 10.0. The smallest absolute Gasteiger partial charge is 0.340 e. The van der Waals surface area contributed by atoms with E-state index in [1.54, 1.807) is 6.07 Å². The number of hydrogen-bond donors (Lipinski definition) is 1. The number of esters is 1. The number of rotatable bonds is 3. The molecule has 0 radical (unpaired) electrons. The zero-order chi connectivity index (χ0) is 14.1. The van der Waals surface area contributed by atoms with E-state index in [2.05, 4.69) is 31.3 Å². The fourth-order valence-corrected chi connectivity index (χ4v) is 2.37. The summed E-state index contributed by atoms with van der Waals surface area (Å²) in [6.45, 7) is 4.33. The Morgan fingerprint density at radius 1 is 1.05 bits per heavy atom. The molecular formula is C17H17NO2. The van der Waals surface area contributed by atoms with E-state index in [1.165, 1.54) is 5.56 Å². The lowest BCUT2D eigenvalue weighted by Gasteiger charge is -2.15. The van der Waals surface area contributed by atoms with Gasteiger partial charge in [0, 0.05) is 11.3 Å². The largest absolute Gasteiger partial charge is 0.434 e. The number of benzene rings is 2. The molecule has 3 heteroatoms. The molecule has 0 fully saturated rings. The Hall–Kier alpha value is -2.29. The van der Waals surface area contributed by atoms with Gasteiger partial charge in [0.05, 0.1) is 5.56 Å². The predicted molar refractivity (Wildman–Crippen MR) is 78.8 cm³/mol. The van der Waals surface area contributed by atoms with Crippen LogP contribution in [0, 0.1) is 0 Å². The molecule has 2 aromatic carbocycles. The summed E-state index contributed by atoms with van der Waals surface area (Å²) in [6.07, 6.45) is -0.399. The maximum atomic E-state index is 11.7. The molecule has 1 aliphatic heterocycles. The molecule has 1 aliphatic rings. The van der Waals surface area contributed by atoms with Crippen LogP contribution < -0.4 is 5.32 Å². The Balaban J connectivity index is 1.81. The van der Waals surface area contributed by atoms with Gasteiger partial charge in [-0.25, -0.2) is 4.79 Å². The molecule has 3 rings (SSSR count). The van der Waals surface area contributed by atoms with Gasteiger partial charge >= 0.3 is 5.97 Å². The Morgan fingerprint density at radius 3 is 2.45 bits per heavy atom. The molecule has 0 amide bonds. The highest BCUT2D eigenvalue weighted by atomic mass is 16.6. The fourth-order valence-electron chi connectivity index (χ4n) is 2.37. The van der Waals surface area contributed by atoms with Gasteiger partial charge in [-0.15, -0.1) is 0 Å². The average molecular weight is 267 g/mol. The fraction of sp³-hybridized carbons (Fsp3) is 0.235. The SMILES string of the molecule is CC(C)c1ccc(N[C@H]2OC(=O)c3ccccc32)cc1. The number of nitrogens with one attached hydrogen (secondary N) is 1. The third kappa shape index (κ3) is 2.27. The molecule has 0 aliphatic carbocycles. The van der Waals surface area contributed by atoms with Gasteiger partial charge in [-0.2, -0.15) is 0 Å². The molecule has 2 aromatic rings. The summed E-state index contributed by atoms with van der Waals surface area (Å²) < 4.78 is 5.36. The second-order valence-electron chi connectivity index (χ2n) is 5.29. The van der Waals surface area contributed by atoms with Crippen molar-refractivity contribution in [1.82, 2.24) is 0 Å². The molecule has 0 spiro atoms. The van der Waals surface area contributed by atoms with Crippen LogP contribution in [0.4, 0.5) is 5.69 Å². The molecule has 1 heterocycles. The highest BCUT2D eigenvalue weighted by Gasteiger charge is 2.30. The monoisotopic (exact) mass is 267 g/mol. The summed E-state index contributed by atoms with van der Waals surface area (Å²) in [7, 11) is 0. The molecule has 20 heavy (non-hydrogen) atoms.